The van der Waals surface area contributed by atoms with Crippen LogP contribution in [-0.2, 0) is 14.0 Å². The number of carbonyl (C=O) groups is 2. The molecule has 0 radical (unpaired) electrons. The number of benzene rings is 3. The fourth-order valence-corrected chi connectivity index (χ4v) is 10.3. The van der Waals surface area contributed by atoms with E-state index in [0.29, 0.717) is 0 Å². The molecule has 5 rings (SSSR count). The summed E-state index contributed by atoms with van der Waals surface area (Å²) in [7, 11) is -2.89. The average molecular weight is 568 g/mol. The van der Waals surface area contributed by atoms with Crippen LogP contribution in [-0.4, -0.2) is 50.1 Å². The summed E-state index contributed by atoms with van der Waals surface area (Å²) in [4.78, 5) is 30.0. The Hall–Kier alpha value is -4.21. The molecule has 41 heavy (non-hydrogen) atoms. The Labute approximate surface area is 240 Å². The zero-order valence-electron chi connectivity index (χ0n) is 23.3. The highest BCUT2D eigenvalue weighted by Gasteiger charge is 2.52. The molecule has 0 saturated carbocycles. The summed E-state index contributed by atoms with van der Waals surface area (Å²) in [5.41, 5.74) is 10.3. The lowest BCUT2D eigenvalue weighted by Gasteiger charge is -2.43. The van der Waals surface area contributed by atoms with Gasteiger partial charge in [0.05, 0.1) is 18.8 Å². The van der Waals surface area contributed by atoms with E-state index in [4.69, 9.17) is 9.16 Å². The second-order valence-corrected chi connectivity index (χ2v) is 15.5. The van der Waals surface area contributed by atoms with Crippen molar-refractivity contribution in [1.29, 1.82) is 0 Å². The van der Waals surface area contributed by atoms with E-state index in [1.807, 2.05) is 66.7 Å². The van der Waals surface area contributed by atoms with Crippen molar-refractivity contribution in [2.75, 3.05) is 6.61 Å². The zero-order valence-corrected chi connectivity index (χ0v) is 24.3. The molecule has 1 unspecified atom stereocenters. The summed E-state index contributed by atoms with van der Waals surface area (Å²) in [5, 5.41) is 8.36. The highest BCUT2D eigenvalue weighted by molar-refractivity contribution is 6.99. The highest BCUT2D eigenvalue weighted by Crippen LogP contribution is 2.38. The minimum Gasteiger partial charge on any atom is -0.405 e. The normalized spacial score (nSPS) is 22.1. The highest BCUT2D eigenvalue weighted by atomic mass is 28.4. The molecule has 210 valence electrons. The molecule has 0 spiro atoms. The molecular weight excluding hydrogens is 534 g/mol. The lowest BCUT2D eigenvalue weighted by molar-refractivity contribution is -0.116. The number of hydrogen-bond donors (Lipinski definition) is 1. The van der Waals surface area contributed by atoms with Gasteiger partial charge in [0.1, 0.15) is 11.9 Å². The van der Waals surface area contributed by atoms with E-state index in [9.17, 15) is 15.1 Å². The van der Waals surface area contributed by atoms with E-state index in [1.165, 1.54) is 4.90 Å². The number of imide groups is 1. The molecule has 9 nitrogen and oxygen atoms in total. The molecule has 0 aromatic heterocycles. The molecule has 10 heteroatoms. The number of nitrogens with zero attached hydrogens (tertiary/aromatic N) is 4. The number of carbonyl (C=O) groups excluding carboxylic acids is 2. The second-order valence-electron chi connectivity index (χ2n) is 11.2. The molecule has 2 fully saturated rings. The number of azide groups is 1. The largest absolute Gasteiger partial charge is 0.405 e. The monoisotopic (exact) mass is 567 g/mol. The topological polar surface area (TPSA) is 117 Å². The van der Waals surface area contributed by atoms with Crippen LogP contribution in [0, 0.1) is 0 Å². The molecule has 2 aliphatic heterocycles. The zero-order chi connectivity index (χ0) is 29.0. The van der Waals surface area contributed by atoms with Gasteiger partial charge in [-0.25, -0.2) is 4.79 Å². The first-order valence-electron chi connectivity index (χ1n) is 13.6. The Kier molecular flexibility index (Phi) is 8.10. The third-order valence-corrected chi connectivity index (χ3v) is 12.6. The average Bonchev–Trinajstić information content (AvgIpc) is 3.48. The van der Waals surface area contributed by atoms with Gasteiger partial charge in [0.25, 0.3) is 14.2 Å². The van der Waals surface area contributed by atoms with Gasteiger partial charge in [-0.15, -0.1) is 0 Å². The number of nitrogens with one attached hydrogen (secondary N) is 1. The van der Waals surface area contributed by atoms with E-state index in [1.54, 1.807) is 6.08 Å². The third-order valence-electron chi connectivity index (χ3n) is 7.61. The van der Waals surface area contributed by atoms with Crippen molar-refractivity contribution in [1.82, 2.24) is 10.2 Å². The first-order chi connectivity index (χ1) is 19.7. The lowest BCUT2D eigenvalue weighted by Crippen LogP contribution is -2.67. The summed E-state index contributed by atoms with van der Waals surface area (Å²) < 4.78 is 13.4. The molecule has 0 aliphatic carbocycles. The number of hydrogen-bond acceptors (Lipinski definition) is 5. The fraction of sp³-hybridized carbons (Fsp3) is 0.290. The molecule has 3 amide bonds. The smallest absolute Gasteiger partial charge is 0.331 e. The quantitative estimate of drug-likeness (QED) is 0.104. The van der Waals surface area contributed by atoms with E-state index < -0.39 is 38.6 Å². The number of amides is 3. The van der Waals surface area contributed by atoms with Crippen molar-refractivity contribution in [2.45, 2.75) is 50.6 Å². The standard InChI is InChI=1S/C31H33N5O4Si/c1-31(2,3)41(23-15-9-5-10-16-23,24-17-11-6-12-18-24)39-21-27-25(34-35-32)20-28(40-27)36-26(29(37)33-30(36)38)19-22-13-7-4-8-14-22/h4-19,25,27-28H,20-21H2,1-3H3,(H,33,37,38)/b26-19-/t25-,27+,28?/m0/s1. The SMILES string of the molecule is CC(C)(C)[Si](OC[C@H]1OC(N2C(=O)NC(=O)/C2=C/c2ccccc2)C[C@@H]1N=[N+]=[N-])(c1ccccc1)c1ccccc1. The summed E-state index contributed by atoms with van der Waals surface area (Å²) in [6, 6.07) is 28.6. The van der Waals surface area contributed by atoms with Gasteiger partial charge in [0, 0.05) is 11.3 Å². The van der Waals surface area contributed by atoms with E-state index in [-0.39, 0.29) is 23.8 Å². The molecule has 2 heterocycles. The minimum atomic E-state index is -2.89. The third kappa shape index (κ3) is 5.55. The summed E-state index contributed by atoms with van der Waals surface area (Å²) in [5.74, 6) is -0.505. The van der Waals surface area contributed by atoms with Crippen molar-refractivity contribution < 1.29 is 18.8 Å². The van der Waals surface area contributed by atoms with Crippen LogP contribution in [0.2, 0.25) is 5.04 Å². The molecule has 2 aliphatic rings. The van der Waals surface area contributed by atoms with Gasteiger partial charge in [-0.1, -0.05) is 117 Å². The number of urea groups is 1. The van der Waals surface area contributed by atoms with Crippen molar-refractivity contribution in [3.8, 4) is 0 Å². The second kappa shape index (κ2) is 11.7. The Bertz CT molecular complexity index is 1430. The van der Waals surface area contributed by atoms with Crippen molar-refractivity contribution >= 4 is 36.7 Å². The van der Waals surface area contributed by atoms with Crippen LogP contribution >= 0.6 is 0 Å². The maximum atomic E-state index is 12.9. The number of ether oxygens (including phenoxy) is 1. The lowest BCUT2D eigenvalue weighted by atomic mass is 10.1. The van der Waals surface area contributed by atoms with E-state index >= 15 is 0 Å². The van der Waals surface area contributed by atoms with Crippen molar-refractivity contribution in [3.05, 3.63) is 113 Å². The minimum absolute atomic E-state index is 0.147. The Morgan fingerprint density at radius 2 is 1.56 bits per heavy atom. The first kappa shape index (κ1) is 28.3. The predicted molar refractivity (Wildman–Crippen MR) is 160 cm³/mol. The molecule has 2 saturated heterocycles. The maximum absolute atomic E-state index is 12.9. The Balaban J connectivity index is 1.47. The first-order valence-corrected chi connectivity index (χ1v) is 15.5. The maximum Gasteiger partial charge on any atom is 0.331 e. The van der Waals surface area contributed by atoms with Crippen LogP contribution in [0.4, 0.5) is 4.79 Å². The van der Waals surface area contributed by atoms with Gasteiger partial charge >= 0.3 is 6.03 Å². The molecular formula is C31H33N5O4Si. The van der Waals surface area contributed by atoms with Gasteiger partial charge < -0.3 is 9.16 Å². The van der Waals surface area contributed by atoms with Gasteiger partial charge in [-0.05, 0) is 32.6 Å². The van der Waals surface area contributed by atoms with Crippen LogP contribution in [0.1, 0.15) is 32.8 Å². The molecule has 3 aromatic rings. The fourth-order valence-electron chi connectivity index (χ4n) is 5.75. The van der Waals surface area contributed by atoms with Gasteiger partial charge in [-0.3, -0.25) is 15.0 Å². The molecule has 3 aromatic carbocycles. The Morgan fingerprint density at radius 1 is 1.00 bits per heavy atom. The predicted octanol–water partition coefficient (Wildman–Crippen LogP) is 4.95. The number of rotatable bonds is 8. The van der Waals surface area contributed by atoms with Crippen LogP contribution in [0.5, 0.6) is 0 Å². The Morgan fingerprint density at radius 3 is 2.10 bits per heavy atom. The summed E-state index contributed by atoms with van der Waals surface area (Å²) >= 11 is 0. The van der Waals surface area contributed by atoms with Crippen molar-refractivity contribution in [2.24, 2.45) is 5.11 Å². The van der Waals surface area contributed by atoms with Gasteiger partial charge in [0.2, 0.25) is 0 Å². The van der Waals surface area contributed by atoms with Crippen LogP contribution < -0.4 is 15.7 Å². The molecule has 1 N–H and O–H groups in total. The summed E-state index contributed by atoms with van der Waals surface area (Å²) in [6.07, 6.45) is 0.447. The van der Waals surface area contributed by atoms with Crippen LogP contribution in [0.3, 0.4) is 0 Å². The van der Waals surface area contributed by atoms with Gasteiger partial charge in [0.15, 0.2) is 0 Å². The summed E-state index contributed by atoms with van der Waals surface area (Å²) in [6.45, 7) is 6.70. The van der Waals surface area contributed by atoms with Crippen LogP contribution in [0.25, 0.3) is 16.5 Å². The van der Waals surface area contributed by atoms with Gasteiger partial charge in [-0.2, -0.15) is 0 Å². The molecule has 3 atom stereocenters. The van der Waals surface area contributed by atoms with Crippen molar-refractivity contribution in [3.63, 3.8) is 0 Å². The van der Waals surface area contributed by atoms with E-state index in [2.05, 4.69) is 60.4 Å². The molecule has 0 bridgehead atoms. The van der Waals surface area contributed by atoms with Crippen LogP contribution in [0.15, 0.2) is 102 Å². The van der Waals surface area contributed by atoms with E-state index in [0.717, 1.165) is 15.9 Å².